The number of rotatable bonds is 3. The molecule has 0 N–H and O–H groups in total. The van der Waals surface area contributed by atoms with E-state index in [1.165, 1.54) is 39.2 Å². The Labute approximate surface area is 190 Å². The highest BCUT2D eigenvalue weighted by molar-refractivity contribution is 9.10. The van der Waals surface area contributed by atoms with Crippen LogP contribution in [0.1, 0.15) is 33.9 Å². The van der Waals surface area contributed by atoms with E-state index in [-0.39, 0.29) is 6.04 Å². The van der Waals surface area contributed by atoms with Crippen LogP contribution in [0, 0.1) is 27.7 Å². The lowest BCUT2D eigenvalue weighted by atomic mass is 10.0. The van der Waals surface area contributed by atoms with Crippen LogP contribution >= 0.6 is 31.9 Å². The van der Waals surface area contributed by atoms with E-state index in [2.05, 4.69) is 130 Å². The van der Waals surface area contributed by atoms with Crippen molar-refractivity contribution in [2.24, 2.45) is 0 Å². The summed E-state index contributed by atoms with van der Waals surface area (Å²) in [6.45, 7) is 9.69. The molecular weight excluding hydrogens is 488 g/mol. The van der Waals surface area contributed by atoms with Crippen LogP contribution in [0.5, 0.6) is 0 Å². The first-order chi connectivity index (χ1) is 13.8. The molecule has 1 unspecified atom stereocenters. The van der Waals surface area contributed by atoms with Gasteiger partial charge < -0.3 is 0 Å². The van der Waals surface area contributed by atoms with Crippen molar-refractivity contribution >= 4 is 49.6 Å². The zero-order valence-corrected chi connectivity index (χ0v) is 20.4. The highest BCUT2D eigenvalue weighted by Gasteiger charge is 2.37. The maximum absolute atomic E-state index is 3.65. The smallest absolute Gasteiger partial charge is 0.228 e. The number of aryl methyl sites for hydroxylation is 4. The number of anilines is 1. The van der Waals surface area contributed by atoms with Crippen LogP contribution in [0.25, 0.3) is 0 Å². The van der Waals surface area contributed by atoms with Gasteiger partial charge in [-0.15, -0.1) is 0 Å². The zero-order valence-electron chi connectivity index (χ0n) is 17.2. The van der Waals surface area contributed by atoms with Crippen molar-refractivity contribution in [3.63, 3.8) is 0 Å². The van der Waals surface area contributed by atoms with Crippen LogP contribution in [-0.4, -0.2) is 17.5 Å². The van der Waals surface area contributed by atoms with Crippen molar-refractivity contribution in [3.05, 3.63) is 91.4 Å². The molecule has 0 saturated heterocycles. The number of hydrogen-bond acceptors (Lipinski definition) is 1. The molecule has 2 nitrogen and oxygen atoms in total. The minimum absolute atomic E-state index is 0.261. The number of nitrogens with zero attached hydrogens (tertiary/aromatic N) is 2. The van der Waals surface area contributed by atoms with E-state index in [0.717, 1.165) is 15.5 Å². The van der Waals surface area contributed by atoms with Gasteiger partial charge in [0.25, 0.3) is 0 Å². The molecule has 0 spiro atoms. The van der Waals surface area contributed by atoms with Gasteiger partial charge in [-0.3, -0.25) is 0 Å². The molecule has 0 bridgehead atoms. The third kappa shape index (κ3) is 3.93. The average molecular weight is 513 g/mol. The van der Waals surface area contributed by atoms with Gasteiger partial charge in [0.2, 0.25) is 6.34 Å². The van der Waals surface area contributed by atoms with E-state index in [9.17, 15) is 0 Å². The van der Waals surface area contributed by atoms with Crippen molar-refractivity contribution in [1.29, 1.82) is 0 Å². The standard InChI is InChI=1S/C25H25Br2N2/c1-16-10-21(26)11-17(2)24(16)28-14-23(20-8-6-5-7-9-20)29(15-28)25-18(3)12-22(27)13-19(25)4/h5-13,15,23H,14H2,1-4H3/q+1. The molecular formula is C25H25Br2N2+. The first-order valence-corrected chi connectivity index (χ1v) is 11.4. The Balaban J connectivity index is 1.88. The molecule has 1 aliphatic heterocycles. The maximum Gasteiger partial charge on any atom is 0.245 e. The van der Waals surface area contributed by atoms with Gasteiger partial charge in [0.1, 0.15) is 17.9 Å². The van der Waals surface area contributed by atoms with Crippen molar-refractivity contribution in [2.75, 3.05) is 11.4 Å². The number of halogens is 2. The van der Waals surface area contributed by atoms with Gasteiger partial charge >= 0.3 is 0 Å². The second-order valence-electron chi connectivity index (χ2n) is 7.88. The molecule has 4 rings (SSSR count). The molecule has 0 radical (unpaired) electrons. The Morgan fingerprint density at radius 3 is 1.86 bits per heavy atom. The first kappa shape index (κ1) is 20.4. The van der Waals surface area contributed by atoms with Crippen molar-refractivity contribution in [1.82, 2.24) is 0 Å². The molecule has 148 valence electrons. The molecule has 0 aromatic heterocycles. The topological polar surface area (TPSA) is 6.25 Å². The van der Waals surface area contributed by atoms with Crippen molar-refractivity contribution < 1.29 is 4.58 Å². The minimum Gasteiger partial charge on any atom is -0.228 e. The molecule has 4 heteroatoms. The summed E-state index contributed by atoms with van der Waals surface area (Å²) in [5.41, 5.74) is 9.04. The van der Waals surface area contributed by atoms with Crippen LogP contribution in [0.4, 0.5) is 11.4 Å². The lowest BCUT2D eigenvalue weighted by Gasteiger charge is -2.21. The predicted octanol–water partition coefficient (Wildman–Crippen LogP) is 7.38. The Morgan fingerprint density at radius 2 is 1.31 bits per heavy atom. The molecule has 29 heavy (non-hydrogen) atoms. The van der Waals surface area contributed by atoms with Gasteiger partial charge in [-0.05, 0) is 74.2 Å². The predicted molar refractivity (Wildman–Crippen MR) is 130 cm³/mol. The fourth-order valence-corrected chi connectivity index (χ4v) is 5.90. The SMILES string of the molecule is Cc1cc(Br)cc(C)c1N1C=[N+](c2c(C)cc(Br)cc2C)CC1c1ccccc1. The van der Waals surface area contributed by atoms with Gasteiger partial charge in [-0.1, -0.05) is 62.2 Å². The summed E-state index contributed by atoms with van der Waals surface area (Å²) < 4.78 is 4.67. The van der Waals surface area contributed by atoms with Crippen LogP contribution in [-0.2, 0) is 0 Å². The fraction of sp³-hybridized carbons (Fsp3) is 0.240. The van der Waals surface area contributed by atoms with E-state index in [1.54, 1.807) is 0 Å². The van der Waals surface area contributed by atoms with Crippen LogP contribution in [0.3, 0.4) is 0 Å². The second kappa shape index (κ2) is 8.08. The Kier molecular flexibility index (Phi) is 5.67. The van der Waals surface area contributed by atoms with Crippen molar-refractivity contribution in [2.45, 2.75) is 33.7 Å². The Morgan fingerprint density at radius 1 is 0.793 bits per heavy atom. The van der Waals surface area contributed by atoms with Gasteiger partial charge in [0, 0.05) is 14.5 Å². The summed E-state index contributed by atoms with van der Waals surface area (Å²) >= 11 is 7.28. The highest BCUT2D eigenvalue weighted by atomic mass is 79.9. The zero-order chi connectivity index (χ0) is 20.7. The van der Waals surface area contributed by atoms with E-state index >= 15 is 0 Å². The minimum atomic E-state index is 0.261. The normalized spacial score (nSPS) is 16.3. The molecule has 1 atom stereocenters. The van der Waals surface area contributed by atoms with Crippen LogP contribution in [0.2, 0.25) is 0 Å². The quantitative estimate of drug-likeness (QED) is 0.332. The molecule has 0 saturated carbocycles. The largest absolute Gasteiger partial charge is 0.245 e. The third-order valence-electron chi connectivity index (χ3n) is 5.61. The summed E-state index contributed by atoms with van der Waals surface area (Å²) in [4.78, 5) is 2.45. The monoisotopic (exact) mass is 511 g/mol. The third-order valence-corrected chi connectivity index (χ3v) is 6.53. The summed E-state index contributed by atoms with van der Waals surface area (Å²) in [7, 11) is 0. The van der Waals surface area contributed by atoms with E-state index in [4.69, 9.17) is 0 Å². The lowest BCUT2D eigenvalue weighted by Crippen LogP contribution is -2.25. The van der Waals surface area contributed by atoms with Crippen molar-refractivity contribution in [3.8, 4) is 0 Å². The van der Waals surface area contributed by atoms with E-state index in [1.807, 2.05) is 0 Å². The van der Waals surface area contributed by atoms with Gasteiger partial charge in [0.05, 0.1) is 0 Å². The molecule has 1 heterocycles. The second-order valence-corrected chi connectivity index (χ2v) is 9.71. The maximum atomic E-state index is 3.65. The van der Waals surface area contributed by atoms with Gasteiger partial charge in [-0.2, -0.15) is 0 Å². The fourth-order valence-electron chi connectivity index (χ4n) is 4.52. The molecule has 1 aliphatic rings. The highest BCUT2D eigenvalue weighted by Crippen LogP contribution is 2.38. The first-order valence-electron chi connectivity index (χ1n) is 9.83. The Hall–Kier alpha value is -1.91. The molecule has 0 amide bonds. The Bertz CT molecular complexity index is 1060. The van der Waals surface area contributed by atoms with Gasteiger partial charge in [0.15, 0.2) is 6.04 Å². The summed E-state index contributed by atoms with van der Waals surface area (Å²) in [5, 5.41) is 0. The van der Waals surface area contributed by atoms with Gasteiger partial charge in [-0.25, -0.2) is 9.48 Å². The average Bonchev–Trinajstić information content (AvgIpc) is 3.05. The molecule has 0 aliphatic carbocycles. The molecule has 0 fully saturated rings. The van der Waals surface area contributed by atoms with Crippen LogP contribution < -0.4 is 4.90 Å². The molecule has 3 aromatic rings. The summed E-state index contributed by atoms with van der Waals surface area (Å²) in [6.07, 6.45) is 2.30. The van der Waals surface area contributed by atoms with E-state index < -0.39 is 0 Å². The van der Waals surface area contributed by atoms with E-state index in [0.29, 0.717) is 0 Å². The molecule has 3 aromatic carbocycles. The summed E-state index contributed by atoms with van der Waals surface area (Å²) in [6, 6.07) is 19.9. The summed E-state index contributed by atoms with van der Waals surface area (Å²) in [5.74, 6) is 0. The number of hydrogen-bond donors (Lipinski definition) is 0. The van der Waals surface area contributed by atoms with Crippen LogP contribution in [0.15, 0.2) is 63.5 Å². The lowest BCUT2D eigenvalue weighted by molar-refractivity contribution is -0.430. The number of benzene rings is 3.